The summed E-state index contributed by atoms with van der Waals surface area (Å²) in [6, 6.07) is 8.76. The van der Waals surface area contributed by atoms with E-state index in [0.717, 1.165) is 58.1 Å². The second-order valence-corrected chi connectivity index (χ2v) is 7.90. The first kappa shape index (κ1) is 23.9. The zero-order valence-electron chi connectivity index (χ0n) is 17.9. The van der Waals surface area contributed by atoms with Gasteiger partial charge in [-0.1, -0.05) is 31.2 Å². The van der Waals surface area contributed by atoms with Gasteiger partial charge in [0, 0.05) is 45.8 Å². The third kappa shape index (κ3) is 6.31. The maximum absolute atomic E-state index is 12.0. The first-order chi connectivity index (χ1) is 13.6. The van der Waals surface area contributed by atoms with E-state index in [1.165, 1.54) is 18.2 Å². The molecule has 3 rings (SSSR count). The zero-order valence-corrected chi connectivity index (χ0v) is 20.2. The fourth-order valence-electron chi connectivity index (χ4n) is 4.25. The molecule has 0 bridgehead atoms. The lowest BCUT2D eigenvalue weighted by Crippen LogP contribution is -2.41. The third-order valence-electron chi connectivity index (χ3n) is 5.85. The molecule has 0 aliphatic carbocycles. The number of methoxy groups -OCH3 is 1. The van der Waals surface area contributed by atoms with Crippen LogP contribution in [0.2, 0.25) is 0 Å². The molecule has 1 aromatic carbocycles. The molecule has 2 unspecified atom stereocenters. The zero-order chi connectivity index (χ0) is 19.9. The van der Waals surface area contributed by atoms with Gasteiger partial charge in [0.15, 0.2) is 5.96 Å². The number of nitrogens with one attached hydrogen (secondary N) is 1. The smallest absolute Gasteiger partial charge is 0.310 e. The van der Waals surface area contributed by atoms with E-state index in [2.05, 4.69) is 53.2 Å². The van der Waals surface area contributed by atoms with Gasteiger partial charge in [0.25, 0.3) is 0 Å². The Bertz CT molecular complexity index is 697. The van der Waals surface area contributed by atoms with Crippen molar-refractivity contribution >= 4 is 35.9 Å². The number of benzene rings is 1. The van der Waals surface area contributed by atoms with Crippen molar-refractivity contribution < 1.29 is 9.53 Å². The van der Waals surface area contributed by atoms with E-state index in [1.807, 2.05) is 0 Å². The van der Waals surface area contributed by atoms with Crippen LogP contribution in [-0.4, -0.2) is 68.1 Å². The Labute approximate surface area is 192 Å². The number of carbonyl (C=O) groups excluding carboxylic acids is 1. The van der Waals surface area contributed by atoms with E-state index in [1.54, 1.807) is 0 Å². The average molecular weight is 514 g/mol. The van der Waals surface area contributed by atoms with Gasteiger partial charge in [0.2, 0.25) is 0 Å². The van der Waals surface area contributed by atoms with Crippen molar-refractivity contribution in [3.8, 4) is 0 Å². The standard InChI is InChI=1S/C22H34N4O2.HI/c1-4-23-22(26-14-17(2)20(16-26)21(27)28-3)24-11-7-12-25-13-10-18-8-5-6-9-19(18)15-25;/h5-6,8-9,17,20H,4,7,10-16H2,1-3H3,(H,23,24);1H. The van der Waals surface area contributed by atoms with Gasteiger partial charge in [0.1, 0.15) is 0 Å². The molecule has 29 heavy (non-hydrogen) atoms. The summed E-state index contributed by atoms with van der Waals surface area (Å²) in [5, 5.41) is 3.38. The highest BCUT2D eigenvalue weighted by Gasteiger charge is 2.36. The van der Waals surface area contributed by atoms with Gasteiger partial charge in [-0.15, -0.1) is 24.0 Å². The Balaban J connectivity index is 0.00000300. The molecule has 2 aliphatic heterocycles. The fourth-order valence-corrected chi connectivity index (χ4v) is 4.25. The predicted octanol–water partition coefficient (Wildman–Crippen LogP) is 2.76. The van der Waals surface area contributed by atoms with Crippen LogP contribution in [0.4, 0.5) is 0 Å². The lowest BCUT2D eigenvalue weighted by molar-refractivity contribution is -0.145. The topological polar surface area (TPSA) is 57.2 Å². The van der Waals surface area contributed by atoms with Crippen LogP contribution in [0.5, 0.6) is 0 Å². The molecule has 2 heterocycles. The molecule has 2 aliphatic rings. The van der Waals surface area contributed by atoms with Crippen LogP contribution < -0.4 is 5.32 Å². The lowest BCUT2D eigenvalue weighted by Gasteiger charge is -2.28. The van der Waals surface area contributed by atoms with Crippen molar-refractivity contribution in [2.45, 2.75) is 33.2 Å². The van der Waals surface area contributed by atoms with Crippen molar-refractivity contribution in [3.63, 3.8) is 0 Å². The van der Waals surface area contributed by atoms with Crippen LogP contribution in [0, 0.1) is 11.8 Å². The number of esters is 1. The van der Waals surface area contributed by atoms with Gasteiger partial charge >= 0.3 is 5.97 Å². The van der Waals surface area contributed by atoms with Crippen LogP contribution in [0.25, 0.3) is 0 Å². The number of hydrogen-bond donors (Lipinski definition) is 1. The van der Waals surface area contributed by atoms with E-state index in [-0.39, 0.29) is 41.8 Å². The highest BCUT2D eigenvalue weighted by molar-refractivity contribution is 14.0. The molecular weight excluding hydrogens is 479 g/mol. The van der Waals surface area contributed by atoms with Crippen molar-refractivity contribution in [3.05, 3.63) is 35.4 Å². The van der Waals surface area contributed by atoms with E-state index in [0.29, 0.717) is 6.54 Å². The van der Waals surface area contributed by atoms with Gasteiger partial charge in [-0.25, -0.2) is 0 Å². The molecule has 0 aromatic heterocycles. The number of rotatable bonds is 6. The summed E-state index contributed by atoms with van der Waals surface area (Å²) in [4.78, 5) is 21.5. The molecule has 0 spiro atoms. The summed E-state index contributed by atoms with van der Waals surface area (Å²) in [6.07, 6.45) is 2.18. The Morgan fingerprint density at radius 3 is 2.76 bits per heavy atom. The SMILES string of the molecule is CCNC(=NCCCN1CCc2ccccc2C1)N1CC(C)C(C(=O)OC)C1.I. The van der Waals surface area contributed by atoms with Crippen LogP contribution in [-0.2, 0) is 22.5 Å². The minimum Gasteiger partial charge on any atom is -0.469 e. The van der Waals surface area contributed by atoms with Crippen LogP contribution >= 0.6 is 24.0 Å². The highest BCUT2D eigenvalue weighted by atomic mass is 127. The van der Waals surface area contributed by atoms with Gasteiger partial charge < -0.3 is 15.0 Å². The first-order valence-corrected chi connectivity index (χ1v) is 10.5. The fraction of sp³-hybridized carbons (Fsp3) is 0.636. The lowest BCUT2D eigenvalue weighted by atomic mass is 9.99. The normalized spacial score (nSPS) is 22.0. The highest BCUT2D eigenvalue weighted by Crippen LogP contribution is 2.24. The second kappa shape index (κ2) is 11.7. The first-order valence-electron chi connectivity index (χ1n) is 10.5. The second-order valence-electron chi connectivity index (χ2n) is 7.90. The molecule has 1 fully saturated rings. The molecule has 1 aromatic rings. The number of ether oxygens (including phenoxy) is 1. The van der Waals surface area contributed by atoms with Gasteiger partial charge in [0.05, 0.1) is 13.0 Å². The van der Waals surface area contributed by atoms with E-state index < -0.39 is 0 Å². The Morgan fingerprint density at radius 1 is 1.28 bits per heavy atom. The number of nitrogens with zero attached hydrogens (tertiary/aromatic N) is 3. The van der Waals surface area contributed by atoms with E-state index in [4.69, 9.17) is 9.73 Å². The average Bonchev–Trinajstić information content (AvgIpc) is 3.11. The Hall–Kier alpha value is -1.35. The number of aliphatic imine (C=N–C) groups is 1. The van der Waals surface area contributed by atoms with Crippen molar-refractivity contribution in [1.82, 2.24) is 15.1 Å². The predicted molar refractivity (Wildman–Crippen MR) is 128 cm³/mol. The minimum atomic E-state index is -0.115. The molecular formula is C22H35IN4O2. The van der Waals surface area contributed by atoms with Gasteiger partial charge in [-0.05, 0) is 36.8 Å². The maximum atomic E-state index is 12.0. The van der Waals surface area contributed by atoms with Crippen LogP contribution in [0.1, 0.15) is 31.4 Å². The number of hydrogen-bond acceptors (Lipinski definition) is 4. The van der Waals surface area contributed by atoms with Crippen molar-refractivity contribution in [2.75, 3.05) is 46.4 Å². The van der Waals surface area contributed by atoms with Crippen molar-refractivity contribution in [2.24, 2.45) is 16.8 Å². The summed E-state index contributed by atoms with van der Waals surface area (Å²) >= 11 is 0. The number of likely N-dealkylation sites (tertiary alicyclic amines) is 1. The molecule has 1 saturated heterocycles. The number of fused-ring (bicyclic) bond motifs is 1. The molecule has 162 valence electrons. The quantitative estimate of drug-likeness (QED) is 0.208. The molecule has 0 saturated carbocycles. The minimum absolute atomic E-state index is 0. The number of guanidine groups is 1. The van der Waals surface area contributed by atoms with E-state index >= 15 is 0 Å². The molecule has 6 nitrogen and oxygen atoms in total. The van der Waals surface area contributed by atoms with E-state index in [9.17, 15) is 4.79 Å². The molecule has 7 heteroatoms. The number of carbonyl (C=O) groups is 1. The largest absolute Gasteiger partial charge is 0.469 e. The summed E-state index contributed by atoms with van der Waals surface area (Å²) in [7, 11) is 1.47. The van der Waals surface area contributed by atoms with Crippen LogP contribution in [0.15, 0.2) is 29.3 Å². The molecule has 0 radical (unpaired) electrons. The summed E-state index contributed by atoms with van der Waals surface area (Å²) in [5.74, 6) is 1.02. The monoisotopic (exact) mass is 514 g/mol. The van der Waals surface area contributed by atoms with Gasteiger partial charge in [-0.3, -0.25) is 14.7 Å². The summed E-state index contributed by atoms with van der Waals surface area (Å²) in [5.41, 5.74) is 2.96. The molecule has 0 amide bonds. The Kier molecular flexibility index (Phi) is 9.68. The Morgan fingerprint density at radius 2 is 2.03 bits per heavy atom. The maximum Gasteiger partial charge on any atom is 0.310 e. The van der Waals surface area contributed by atoms with Gasteiger partial charge in [-0.2, -0.15) is 0 Å². The van der Waals surface area contributed by atoms with Crippen molar-refractivity contribution in [1.29, 1.82) is 0 Å². The molecule has 1 N–H and O–H groups in total. The van der Waals surface area contributed by atoms with Crippen LogP contribution in [0.3, 0.4) is 0 Å². The number of halogens is 1. The third-order valence-corrected chi connectivity index (χ3v) is 5.85. The summed E-state index contributed by atoms with van der Waals surface area (Å²) in [6.45, 7) is 10.6. The molecule has 2 atom stereocenters. The summed E-state index contributed by atoms with van der Waals surface area (Å²) < 4.78 is 4.95.